The van der Waals surface area contributed by atoms with Crippen LogP contribution in [0.1, 0.15) is 51.4 Å². The maximum absolute atomic E-state index is 11.9. The van der Waals surface area contributed by atoms with Crippen molar-refractivity contribution < 1.29 is 19.4 Å². The number of hydrogen-bond donors (Lipinski definition) is 3. The van der Waals surface area contributed by atoms with Crippen molar-refractivity contribution >= 4 is 11.8 Å². The number of carbonyl (C=O) groups is 2. The van der Waals surface area contributed by atoms with Crippen molar-refractivity contribution in [3.05, 3.63) is 0 Å². The monoisotopic (exact) mass is 310 g/mol. The fourth-order valence-electron chi connectivity index (χ4n) is 3.14. The maximum Gasteiger partial charge on any atom is 0.223 e. The largest absolute Gasteiger partial charge is 0.394 e. The van der Waals surface area contributed by atoms with Crippen LogP contribution in [0.4, 0.5) is 0 Å². The normalized spacial score (nSPS) is 32.1. The smallest absolute Gasteiger partial charge is 0.223 e. The highest BCUT2D eigenvalue weighted by atomic mass is 16.5. The first-order valence-corrected chi connectivity index (χ1v) is 8.51. The van der Waals surface area contributed by atoms with E-state index in [0.717, 1.165) is 38.5 Å². The van der Waals surface area contributed by atoms with Gasteiger partial charge in [0.05, 0.1) is 25.2 Å². The molecule has 124 valence electrons. The lowest BCUT2D eigenvalue weighted by Gasteiger charge is -2.36. The second-order valence-electron chi connectivity index (χ2n) is 6.85. The van der Waals surface area contributed by atoms with Crippen LogP contribution in [0.2, 0.25) is 0 Å². The van der Waals surface area contributed by atoms with Gasteiger partial charge in [-0.3, -0.25) is 9.59 Å². The van der Waals surface area contributed by atoms with Gasteiger partial charge in [0.2, 0.25) is 11.8 Å². The summed E-state index contributed by atoms with van der Waals surface area (Å²) in [6.07, 6.45) is 6.55. The minimum Gasteiger partial charge on any atom is -0.394 e. The summed E-state index contributed by atoms with van der Waals surface area (Å²) in [4.78, 5) is 23.8. The molecule has 6 heteroatoms. The predicted octanol–water partition coefficient (Wildman–Crippen LogP) is 0.480. The van der Waals surface area contributed by atoms with Crippen LogP contribution in [0.25, 0.3) is 0 Å². The Bertz CT molecular complexity index is 420. The number of nitrogens with one attached hydrogen (secondary N) is 2. The van der Waals surface area contributed by atoms with E-state index in [1.807, 2.05) is 0 Å². The molecule has 0 radical (unpaired) electrons. The molecule has 2 saturated carbocycles. The molecule has 0 aromatic carbocycles. The van der Waals surface area contributed by atoms with Crippen molar-refractivity contribution in [2.24, 2.45) is 5.92 Å². The van der Waals surface area contributed by atoms with Crippen molar-refractivity contribution in [2.75, 3.05) is 6.61 Å². The zero-order valence-corrected chi connectivity index (χ0v) is 12.9. The summed E-state index contributed by atoms with van der Waals surface area (Å²) in [6, 6.07) is 0.208. The number of aliphatic hydroxyl groups is 1. The molecule has 2 aliphatic carbocycles. The molecule has 3 atom stereocenters. The first-order valence-electron chi connectivity index (χ1n) is 8.51. The van der Waals surface area contributed by atoms with Crippen LogP contribution in [0.3, 0.4) is 0 Å². The third kappa shape index (κ3) is 3.98. The molecule has 0 bridgehead atoms. The topological polar surface area (TPSA) is 87.7 Å². The van der Waals surface area contributed by atoms with Gasteiger partial charge in [-0.05, 0) is 44.9 Å². The van der Waals surface area contributed by atoms with E-state index >= 15 is 0 Å². The van der Waals surface area contributed by atoms with Gasteiger partial charge in [0.25, 0.3) is 0 Å². The van der Waals surface area contributed by atoms with E-state index < -0.39 is 6.10 Å². The molecule has 0 aromatic heterocycles. The van der Waals surface area contributed by atoms with Crippen molar-refractivity contribution in [3.8, 4) is 0 Å². The van der Waals surface area contributed by atoms with Gasteiger partial charge in [-0.1, -0.05) is 0 Å². The quantitative estimate of drug-likeness (QED) is 0.666. The van der Waals surface area contributed by atoms with E-state index in [-0.39, 0.29) is 36.5 Å². The van der Waals surface area contributed by atoms with Crippen LogP contribution < -0.4 is 10.6 Å². The zero-order chi connectivity index (χ0) is 15.5. The second kappa shape index (κ2) is 6.96. The number of carbonyl (C=O) groups excluding carboxylic acids is 2. The Morgan fingerprint density at radius 3 is 2.41 bits per heavy atom. The van der Waals surface area contributed by atoms with Crippen molar-refractivity contribution in [2.45, 2.75) is 75.7 Å². The van der Waals surface area contributed by atoms with Crippen LogP contribution in [-0.4, -0.2) is 47.8 Å². The third-order valence-corrected chi connectivity index (χ3v) is 4.95. The van der Waals surface area contributed by atoms with Gasteiger partial charge < -0.3 is 20.5 Å². The first kappa shape index (κ1) is 15.7. The average Bonchev–Trinajstić information content (AvgIpc) is 3.29. The molecule has 1 aliphatic heterocycles. The summed E-state index contributed by atoms with van der Waals surface area (Å²) < 4.78 is 5.83. The maximum atomic E-state index is 11.9. The SMILES string of the molecule is O=C(C[C@@H]1CC[C@@H](NC(=O)C2CC2)[C@H](CO)O1)NC1CCC1. The average molecular weight is 310 g/mol. The highest BCUT2D eigenvalue weighted by molar-refractivity contribution is 5.81. The van der Waals surface area contributed by atoms with E-state index in [0.29, 0.717) is 12.5 Å². The Morgan fingerprint density at radius 2 is 1.82 bits per heavy atom. The summed E-state index contributed by atoms with van der Waals surface area (Å²) in [5.41, 5.74) is 0. The highest BCUT2D eigenvalue weighted by Crippen LogP contribution is 2.30. The molecule has 3 rings (SSSR count). The van der Waals surface area contributed by atoms with Gasteiger partial charge in [-0.25, -0.2) is 0 Å². The predicted molar refractivity (Wildman–Crippen MR) is 80.0 cm³/mol. The minimum atomic E-state index is -0.405. The molecule has 0 aromatic rings. The molecule has 0 unspecified atom stereocenters. The summed E-state index contributed by atoms with van der Waals surface area (Å²) in [6.45, 7) is -0.129. The number of aliphatic hydroxyl groups excluding tert-OH is 1. The Hall–Kier alpha value is -1.14. The molecule has 2 amide bonds. The summed E-state index contributed by atoms with van der Waals surface area (Å²) in [5, 5.41) is 15.5. The van der Waals surface area contributed by atoms with Crippen LogP contribution >= 0.6 is 0 Å². The fourth-order valence-corrected chi connectivity index (χ4v) is 3.14. The molecule has 6 nitrogen and oxygen atoms in total. The Kier molecular flexibility index (Phi) is 4.98. The van der Waals surface area contributed by atoms with Crippen molar-refractivity contribution in [3.63, 3.8) is 0 Å². The Balaban J connectivity index is 1.43. The van der Waals surface area contributed by atoms with Crippen LogP contribution in [0.5, 0.6) is 0 Å². The highest BCUT2D eigenvalue weighted by Gasteiger charge is 2.36. The summed E-state index contributed by atoms with van der Waals surface area (Å²) >= 11 is 0. The van der Waals surface area contributed by atoms with Crippen LogP contribution in [0, 0.1) is 5.92 Å². The van der Waals surface area contributed by atoms with E-state index in [1.54, 1.807) is 0 Å². The Labute approximate surface area is 131 Å². The van der Waals surface area contributed by atoms with Gasteiger partial charge in [-0.2, -0.15) is 0 Å². The molecule has 0 spiro atoms. The number of ether oxygens (including phenoxy) is 1. The van der Waals surface area contributed by atoms with Crippen LogP contribution in [-0.2, 0) is 14.3 Å². The zero-order valence-electron chi connectivity index (χ0n) is 12.9. The molecule has 3 fully saturated rings. The molecule has 3 N–H and O–H groups in total. The van der Waals surface area contributed by atoms with E-state index in [4.69, 9.17) is 4.74 Å². The lowest BCUT2D eigenvalue weighted by Crippen LogP contribution is -2.52. The van der Waals surface area contributed by atoms with Crippen molar-refractivity contribution in [1.82, 2.24) is 10.6 Å². The lowest BCUT2D eigenvalue weighted by atomic mass is 9.92. The van der Waals surface area contributed by atoms with Gasteiger partial charge in [0.15, 0.2) is 0 Å². The second-order valence-corrected chi connectivity index (χ2v) is 6.85. The van der Waals surface area contributed by atoms with E-state index in [2.05, 4.69) is 10.6 Å². The van der Waals surface area contributed by atoms with Crippen LogP contribution in [0.15, 0.2) is 0 Å². The molecule has 1 saturated heterocycles. The van der Waals surface area contributed by atoms with Gasteiger partial charge in [0, 0.05) is 12.0 Å². The minimum absolute atomic E-state index is 0.0341. The summed E-state index contributed by atoms with van der Waals surface area (Å²) in [7, 11) is 0. The summed E-state index contributed by atoms with van der Waals surface area (Å²) in [5.74, 6) is 0.269. The number of rotatable bonds is 6. The van der Waals surface area contributed by atoms with E-state index in [9.17, 15) is 14.7 Å². The molecule has 22 heavy (non-hydrogen) atoms. The fraction of sp³-hybridized carbons (Fsp3) is 0.875. The third-order valence-electron chi connectivity index (χ3n) is 4.95. The van der Waals surface area contributed by atoms with Gasteiger partial charge in [-0.15, -0.1) is 0 Å². The van der Waals surface area contributed by atoms with Gasteiger partial charge in [0.1, 0.15) is 6.10 Å². The molecule has 1 heterocycles. The lowest BCUT2D eigenvalue weighted by molar-refractivity contribution is -0.137. The van der Waals surface area contributed by atoms with Gasteiger partial charge >= 0.3 is 0 Å². The number of amides is 2. The standard InChI is InChI=1S/C16H26N2O4/c19-9-14-13(18-16(21)10-4-5-10)7-6-12(22-14)8-15(20)17-11-2-1-3-11/h10-14,19H,1-9H2,(H,17,20)(H,18,21)/t12-,13+,14-/m0/s1. The molecular weight excluding hydrogens is 284 g/mol. The Morgan fingerprint density at radius 1 is 1.05 bits per heavy atom. The first-order chi connectivity index (χ1) is 10.7. The molecule has 3 aliphatic rings. The van der Waals surface area contributed by atoms with Crippen molar-refractivity contribution in [1.29, 1.82) is 0 Å². The number of hydrogen-bond acceptors (Lipinski definition) is 4. The van der Waals surface area contributed by atoms with E-state index in [1.165, 1.54) is 6.42 Å². The molecular formula is C16H26N2O4.